The normalized spacial score (nSPS) is 13.2. The lowest BCUT2D eigenvalue weighted by Crippen LogP contribution is -2.34. The Morgan fingerprint density at radius 1 is 1.56 bits per heavy atom. The molecule has 3 N–H and O–H groups in total. The van der Waals surface area contributed by atoms with E-state index in [2.05, 4.69) is 53.9 Å². The molecule has 0 aliphatic rings. The minimum atomic E-state index is -0.183. The van der Waals surface area contributed by atoms with E-state index in [0.29, 0.717) is 18.0 Å². The molecule has 0 spiro atoms. The summed E-state index contributed by atoms with van der Waals surface area (Å²) in [4.78, 5) is 15.9. The fourth-order valence-electron chi connectivity index (χ4n) is 1.28. The highest BCUT2D eigenvalue weighted by Crippen LogP contribution is 2.24. The van der Waals surface area contributed by atoms with Crippen LogP contribution in [0.2, 0.25) is 0 Å². The minimum Gasteiger partial charge on any atom is -0.383 e. The van der Waals surface area contributed by atoms with Gasteiger partial charge in [-0.25, -0.2) is 4.98 Å². The number of nitrogens with two attached hydrogens (primary N) is 1. The molecule has 1 unspecified atom stereocenters. The summed E-state index contributed by atoms with van der Waals surface area (Å²) in [5.74, 6) is 0.444. The summed E-state index contributed by atoms with van der Waals surface area (Å²) in [6, 6.07) is 1.68. The van der Waals surface area contributed by atoms with Crippen LogP contribution in [0.4, 0.5) is 5.82 Å². The van der Waals surface area contributed by atoms with E-state index in [9.17, 15) is 4.79 Å². The number of nitrogens with zero attached hydrogens (tertiary/aromatic N) is 1. The quantitative estimate of drug-likeness (QED) is 0.901. The predicted molar refractivity (Wildman–Crippen MR) is 77.3 cm³/mol. The van der Waals surface area contributed by atoms with Crippen molar-refractivity contribution >= 4 is 27.7 Å². The third-order valence-electron chi connectivity index (χ3n) is 3.18. The van der Waals surface area contributed by atoms with Crippen LogP contribution in [-0.2, 0) is 0 Å². The van der Waals surface area contributed by atoms with Gasteiger partial charge in [0.25, 0.3) is 5.91 Å². The molecule has 0 saturated carbocycles. The van der Waals surface area contributed by atoms with Crippen LogP contribution in [0.5, 0.6) is 0 Å². The highest BCUT2D eigenvalue weighted by atomic mass is 79.9. The lowest BCUT2D eigenvalue weighted by atomic mass is 9.82. The molecule has 0 fully saturated rings. The summed E-state index contributed by atoms with van der Waals surface area (Å²) >= 11 is 3.28. The van der Waals surface area contributed by atoms with Crippen LogP contribution in [0.25, 0.3) is 0 Å². The number of carbonyl (C=O) groups is 1. The van der Waals surface area contributed by atoms with Crippen LogP contribution >= 0.6 is 15.9 Å². The number of nitrogen functional groups attached to an aromatic ring is 1. The second-order valence-electron chi connectivity index (χ2n) is 5.56. The number of aromatic nitrogens is 1. The molecule has 1 rings (SSSR count). The summed E-state index contributed by atoms with van der Waals surface area (Å²) in [6.45, 7) is 9.19. The van der Waals surface area contributed by atoms with E-state index in [1.165, 1.54) is 0 Å². The average Bonchev–Trinajstić information content (AvgIpc) is 2.27. The fourth-order valence-corrected chi connectivity index (χ4v) is 1.61. The number of hydrogen-bond acceptors (Lipinski definition) is 3. The molecule has 0 aliphatic heterocycles. The molecule has 18 heavy (non-hydrogen) atoms. The van der Waals surface area contributed by atoms with Gasteiger partial charge in [-0.1, -0.05) is 27.7 Å². The SMILES string of the molecule is CC(CNC(=O)c1cc(Br)cnc1N)C(C)(C)C. The van der Waals surface area contributed by atoms with E-state index >= 15 is 0 Å². The van der Waals surface area contributed by atoms with Crippen molar-refractivity contribution < 1.29 is 4.79 Å². The van der Waals surface area contributed by atoms with E-state index in [1.54, 1.807) is 12.3 Å². The number of halogens is 1. The van der Waals surface area contributed by atoms with Gasteiger partial charge in [-0.3, -0.25) is 4.79 Å². The van der Waals surface area contributed by atoms with Crippen LogP contribution in [0.15, 0.2) is 16.7 Å². The Labute approximate surface area is 116 Å². The molecule has 0 radical (unpaired) electrons. The molecular formula is C13H20BrN3O. The van der Waals surface area contributed by atoms with Crippen molar-refractivity contribution in [2.75, 3.05) is 12.3 Å². The summed E-state index contributed by atoms with van der Waals surface area (Å²) in [5.41, 5.74) is 6.26. The van der Waals surface area contributed by atoms with Crippen molar-refractivity contribution in [1.82, 2.24) is 10.3 Å². The number of rotatable bonds is 3. The van der Waals surface area contributed by atoms with Crippen molar-refractivity contribution in [3.63, 3.8) is 0 Å². The van der Waals surface area contributed by atoms with Crippen LogP contribution in [0.3, 0.4) is 0 Å². The smallest absolute Gasteiger partial charge is 0.255 e. The number of pyridine rings is 1. The predicted octanol–water partition coefficient (Wildman–Crippen LogP) is 2.84. The molecule has 0 saturated heterocycles. The Kier molecular flexibility index (Phi) is 4.73. The lowest BCUT2D eigenvalue weighted by molar-refractivity contribution is 0.0937. The third-order valence-corrected chi connectivity index (χ3v) is 3.61. The van der Waals surface area contributed by atoms with Crippen LogP contribution in [0.1, 0.15) is 38.1 Å². The number of anilines is 1. The zero-order valence-electron chi connectivity index (χ0n) is 11.2. The first-order chi connectivity index (χ1) is 8.21. The van der Waals surface area contributed by atoms with E-state index in [0.717, 1.165) is 4.47 Å². The second kappa shape index (κ2) is 5.69. The molecule has 0 aromatic carbocycles. The molecule has 1 aromatic rings. The van der Waals surface area contributed by atoms with Gasteiger partial charge in [-0.2, -0.15) is 0 Å². The van der Waals surface area contributed by atoms with E-state index in [1.807, 2.05) is 0 Å². The van der Waals surface area contributed by atoms with E-state index in [-0.39, 0.29) is 17.1 Å². The standard InChI is InChI=1S/C13H20BrN3O/c1-8(13(2,3)4)6-17-12(18)10-5-9(14)7-16-11(10)15/h5,7-8H,6H2,1-4H3,(H2,15,16)(H,17,18). The Hall–Kier alpha value is -1.10. The van der Waals surface area contributed by atoms with Crippen molar-refractivity contribution in [2.45, 2.75) is 27.7 Å². The van der Waals surface area contributed by atoms with Crippen molar-refractivity contribution in [3.8, 4) is 0 Å². The maximum absolute atomic E-state index is 12.0. The van der Waals surface area contributed by atoms with Gasteiger partial charge >= 0.3 is 0 Å². The Morgan fingerprint density at radius 2 is 2.17 bits per heavy atom. The highest BCUT2D eigenvalue weighted by molar-refractivity contribution is 9.10. The van der Waals surface area contributed by atoms with Gasteiger partial charge < -0.3 is 11.1 Å². The maximum Gasteiger partial charge on any atom is 0.255 e. The zero-order chi connectivity index (χ0) is 13.9. The van der Waals surface area contributed by atoms with Gasteiger partial charge in [-0.05, 0) is 33.3 Å². The summed E-state index contributed by atoms with van der Waals surface area (Å²) < 4.78 is 0.741. The van der Waals surface area contributed by atoms with Gasteiger partial charge in [0.15, 0.2) is 0 Å². The molecule has 1 amide bonds. The van der Waals surface area contributed by atoms with Crippen molar-refractivity contribution in [3.05, 3.63) is 22.3 Å². The Balaban J connectivity index is 2.69. The number of hydrogen-bond donors (Lipinski definition) is 2. The average molecular weight is 314 g/mol. The summed E-state index contributed by atoms with van der Waals surface area (Å²) in [5, 5.41) is 2.89. The minimum absolute atomic E-state index is 0.161. The molecule has 100 valence electrons. The van der Waals surface area contributed by atoms with Gasteiger partial charge in [0, 0.05) is 17.2 Å². The van der Waals surface area contributed by atoms with Crippen molar-refractivity contribution in [2.24, 2.45) is 11.3 Å². The fraction of sp³-hybridized carbons (Fsp3) is 0.538. The second-order valence-corrected chi connectivity index (χ2v) is 6.48. The first kappa shape index (κ1) is 15.0. The van der Waals surface area contributed by atoms with E-state index < -0.39 is 0 Å². The maximum atomic E-state index is 12.0. The highest BCUT2D eigenvalue weighted by Gasteiger charge is 2.21. The zero-order valence-corrected chi connectivity index (χ0v) is 12.8. The van der Waals surface area contributed by atoms with Crippen LogP contribution in [-0.4, -0.2) is 17.4 Å². The van der Waals surface area contributed by atoms with Crippen LogP contribution < -0.4 is 11.1 Å². The molecule has 5 heteroatoms. The lowest BCUT2D eigenvalue weighted by Gasteiger charge is -2.27. The molecule has 4 nitrogen and oxygen atoms in total. The largest absolute Gasteiger partial charge is 0.383 e. The third kappa shape index (κ3) is 3.98. The van der Waals surface area contributed by atoms with E-state index in [4.69, 9.17) is 5.73 Å². The molecule has 1 heterocycles. The van der Waals surface area contributed by atoms with Gasteiger partial charge in [0.1, 0.15) is 5.82 Å². The number of amides is 1. The molecule has 0 bridgehead atoms. The van der Waals surface area contributed by atoms with Gasteiger partial charge in [0.2, 0.25) is 0 Å². The summed E-state index contributed by atoms with van der Waals surface area (Å²) in [7, 11) is 0. The van der Waals surface area contributed by atoms with Crippen molar-refractivity contribution in [1.29, 1.82) is 0 Å². The molecule has 1 atom stereocenters. The Bertz CT molecular complexity index is 440. The number of carbonyl (C=O) groups excluding carboxylic acids is 1. The van der Waals surface area contributed by atoms with Gasteiger partial charge in [-0.15, -0.1) is 0 Å². The Morgan fingerprint density at radius 3 is 2.72 bits per heavy atom. The molecular weight excluding hydrogens is 294 g/mol. The topological polar surface area (TPSA) is 68.0 Å². The first-order valence-electron chi connectivity index (χ1n) is 5.91. The number of nitrogens with one attached hydrogen (secondary N) is 1. The van der Waals surface area contributed by atoms with Gasteiger partial charge in [0.05, 0.1) is 5.56 Å². The molecule has 0 aliphatic carbocycles. The monoisotopic (exact) mass is 313 g/mol. The first-order valence-corrected chi connectivity index (χ1v) is 6.70. The van der Waals surface area contributed by atoms with Crippen LogP contribution in [0, 0.1) is 11.3 Å². The molecule has 1 aromatic heterocycles. The summed E-state index contributed by atoms with van der Waals surface area (Å²) in [6.07, 6.45) is 1.57.